The van der Waals surface area contributed by atoms with E-state index in [0.717, 1.165) is 25.7 Å². The number of nitrogens with one attached hydrogen (secondary N) is 1. The van der Waals surface area contributed by atoms with Crippen LogP contribution in [0.4, 0.5) is 0 Å². The number of amides is 2. The average molecular weight is 279 g/mol. The SMILES string of the molecule is CC1CC1N1CC(NC(=O)C[C@@H]2CCC[C@H]2N)CC1=O. The van der Waals surface area contributed by atoms with Gasteiger partial charge in [0.05, 0.1) is 6.04 Å². The van der Waals surface area contributed by atoms with Crippen LogP contribution in [-0.4, -0.2) is 41.4 Å². The summed E-state index contributed by atoms with van der Waals surface area (Å²) in [6.45, 7) is 2.86. The Morgan fingerprint density at radius 2 is 2.20 bits per heavy atom. The number of rotatable bonds is 4. The molecule has 3 N–H and O–H groups in total. The molecule has 0 bridgehead atoms. The molecule has 3 aliphatic rings. The van der Waals surface area contributed by atoms with E-state index < -0.39 is 0 Å². The molecule has 0 aromatic rings. The third-order valence-electron chi connectivity index (χ3n) is 5.16. The monoisotopic (exact) mass is 279 g/mol. The molecule has 0 radical (unpaired) electrons. The van der Waals surface area contributed by atoms with Crippen molar-refractivity contribution in [3.63, 3.8) is 0 Å². The second-order valence-corrected chi connectivity index (χ2v) is 6.85. The summed E-state index contributed by atoms with van der Waals surface area (Å²) in [7, 11) is 0. The van der Waals surface area contributed by atoms with Gasteiger partial charge in [-0.1, -0.05) is 13.3 Å². The molecule has 5 heteroatoms. The van der Waals surface area contributed by atoms with Crippen LogP contribution in [0.3, 0.4) is 0 Å². The summed E-state index contributed by atoms with van der Waals surface area (Å²) in [5.41, 5.74) is 6.00. The fourth-order valence-corrected chi connectivity index (χ4v) is 3.73. The normalized spacial score (nSPS) is 40.2. The van der Waals surface area contributed by atoms with Gasteiger partial charge in [0.1, 0.15) is 0 Å². The zero-order valence-electron chi connectivity index (χ0n) is 12.2. The van der Waals surface area contributed by atoms with E-state index in [1.165, 1.54) is 0 Å². The van der Waals surface area contributed by atoms with Gasteiger partial charge < -0.3 is 16.0 Å². The maximum Gasteiger partial charge on any atom is 0.225 e. The smallest absolute Gasteiger partial charge is 0.225 e. The first-order valence-electron chi connectivity index (χ1n) is 7.89. The predicted molar refractivity (Wildman–Crippen MR) is 75.8 cm³/mol. The number of carbonyl (C=O) groups excluding carboxylic acids is 2. The molecule has 20 heavy (non-hydrogen) atoms. The maximum absolute atomic E-state index is 12.1. The Kier molecular flexibility index (Phi) is 3.71. The molecule has 3 rings (SSSR count). The molecule has 2 amide bonds. The number of hydrogen-bond acceptors (Lipinski definition) is 3. The van der Waals surface area contributed by atoms with Crippen molar-refractivity contribution in [2.75, 3.05) is 6.54 Å². The van der Waals surface area contributed by atoms with Crippen LogP contribution in [0.15, 0.2) is 0 Å². The second kappa shape index (κ2) is 5.35. The average Bonchev–Trinajstić information content (AvgIpc) is 2.77. The molecule has 5 nitrogen and oxygen atoms in total. The molecule has 5 atom stereocenters. The van der Waals surface area contributed by atoms with Crippen molar-refractivity contribution in [3.05, 3.63) is 0 Å². The number of nitrogens with two attached hydrogens (primary N) is 1. The summed E-state index contributed by atoms with van der Waals surface area (Å²) in [5, 5.41) is 3.03. The van der Waals surface area contributed by atoms with E-state index in [2.05, 4.69) is 12.2 Å². The highest BCUT2D eigenvalue weighted by Gasteiger charge is 2.44. The summed E-state index contributed by atoms with van der Waals surface area (Å²) < 4.78 is 0. The molecule has 1 heterocycles. The Balaban J connectivity index is 1.46. The van der Waals surface area contributed by atoms with Crippen molar-refractivity contribution in [2.45, 2.75) is 63.6 Å². The third-order valence-corrected chi connectivity index (χ3v) is 5.16. The minimum absolute atomic E-state index is 0.000396. The van der Waals surface area contributed by atoms with Gasteiger partial charge in [-0.2, -0.15) is 0 Å². The van der Waals surface area contributed by atoms with E-state index in [4.69, 9.17) is 5.73 Å². The molecule has 0 spiro atoms. The van der Waals surface area contributed by atoms with Gasteiger partial charge in [0.2, 0.25) is 11.8 Å². The van der Waals surface area contributed by atoms with Crippen molar-refractivity contribution in [1.29, 1.82) is 0 Å². The second-order valence-electron chi connectivity index (χ2n) is 6.85. The van der Waals surface area contributed by atoms with Crippen molar-refractivity contribution in [2.24, 2.45) is 17.6 Å². The molecule has 2 saturated carbocycles. The highest BCUT2D eigenvalue weighted by atomic mass is 16.2. The fourth-order valence-electron chi connectivity index (χ4n) is 3.73. The van der Waals surface area contributed by atoms with Crippen LogP contribution >= 0.6 is 0 Å². The molecule has 0 aromatic carbocycles. The Hall–Kier alpha value is -1.10. The summed E-state index contributed by atoms with van der Waals surface area (Å²) in [5.74, 6) is 1.22. The minimum atomic E-state index is 0.000396. The molecule has 1 aliphatic heterocycles. The molecule has 112 valence electrons. The van der Waals surface area contributed by atoms with Crippen LogP contribution in [0.2, 0.25) is 0 Å². The zero-order valence-corrected chi connectivity index (χ0v) is 12.2. The lowest BCUT2D eigenvalue weighted by molar-refractivity contribution is -0.128. The summed E-state index contributed by atoms with van der Waals surface area (Å²) in [6.07, 6.45) is 5.33. The number of carbonyl (C=O) groups is 2. The first-order chi connectivity index (χ1) is 9.54. The van der Waals surface area contributed by atoms with Crippen molar-refractivity contribution in [1.82, 2.24) is 10.2 Å². The Labute approximate surface area is 120 Å². The summed E-state index contributed by atoms with van der Waals surface area (Å²) in [6, 6.07) is 0.600. The number of hydrogen-bond donors (Lipinski definition) is 2. The van der Waals surface area contributed by atoms with Gasteiger partial charge in [-0.15, -0.1) is 0 Å². The largest absolute Gasteiger partial charge is 0.351 e. The van der Waals surface area contributed by atoms with Crippen LogP contribution in [0.5, 0.6) is 0 Å². The van der Waals surface area contributed by atoms with Gasteiger partial charge in [-0.25, -0.2) is 0 Å². The van der Waals surface area contributed by atoms with E-state index in [1.54, 1.807) is 0 Å². The number of likely N-dealkylation sites (tertiary alicyclic amines) is 1. The molecule has 0 aromatic heterocycles. The zero-order chi connectivity index (χ0) is 14.3. The topological polar surface area (TPSA) is 75.4 Å². The van der Waals surface area contributed by atoms with Crippen LogP contribution in [-0.2, 0) is 9.59 Å². The highest BCUT2D eigenvalue weighted by Crippen LogP contribution is 2.37. The van der Waals surface area contributed by atoms with Crippen molar-refractivity contribution in [3.8, 4) is 0 Å². The Bertz CT molecular complexity index is 412. The van der Waals surface area contributed by atoms with Crippen LogP contribution in [0, 0.1) is 11.8 Å². The minimum Gasteiger partial charge on any atom is -0.351 e. The van der Waals surface area contributed by atoms with Crippen molar-refractivity contribution < 1.29 is 9.59 Å². The maximum atomic E-state index is 12.1. The van der Waals surface area contributed by atoms with Gasteiger partial charge in [0.15, 0.2) is 0 Å². The van der Waals surface area contributed by atoms with E-state index in [0.29, 0.717) is 37.3 Å². The summed E-state index contributed by atoms with van der Waals surface area (Å²) >= 11 is 0. The lowest BCUT2D eigenvalue weighted by Gasteiger charge is -2.18. The third kappa shape index (κ3) is 2.82. The molecular formula is C15H25N3O2. The molecular weight excluding hydrogens is 254 g/mol. The lowest BCUT2D eigenvalue weighted by Crippen LogP contribution is -2.39. The van der Waals surface area contributed by atoms with E-state index in [1.807, 2.05) is 4.90 Å². The van der Waals surface area contributed by atoms with E-state index in [-0.39, 0.29) is 23.9 Å². The summed E-state index contributed by atoms with van der Waals surface area (Å²) in [4.78, 5) is 26.0. The fraction of sp³-hybridized carbons (Fsp3) is 0.867. The van der Waals surface area contributed by atoms with Crippen LogP contribution in [0.1, 0.15) is 45.4 Å². The number of nitrogens with zero attached hydrogens (tertiary/aromatic N) is 1. The van der Waals surface area contributed by atoms with Gasteiger partial charge in [-0.05, 0) is 31.1 Å². The first-order valence-corrected chi connectivity index (χ1v) is 7.89. The molecule has 2 aliphatic carbocycles. The standard InChI is InChI=1S/C15H25N3O2/c1-9-5-13(9)18-8-11(7-15(18)20)17-14(19)6-10-3-2-4-12(10)16/h9-13H,2-8,16H2,1H3,(H,17,19)/t9?,10-,11?,12+,13?/m0/s1. The van der Waals surface area contributed by atoms with Gasteiger partial charge >= 0.3 is 0 Å². The van der Waals surface area contributed by atoms with E-state index in [9.17, 15) is 9.59 Å². The Morgan fingerprint density at radius 1 is 1.45 bits per heavy atom. The van der Waals surface area contributed by atoms with Gasteiger partial charge in [-0.3, -0.25) is 9.59 Å². The van der Waals surface area contributed by atoms with Gasteiger partial charge in [0.25, 0.3) is 0 Å². The van der Waals surface area contributed by atoms with Crippen LogP contribution in [0.25, 0.3) is 0 Å². The van der Waals surface area contributed by atoms with Gasteiger partial charge in [0, 0.05) is 31.5 Å². The molecule has 3 unspecified atom stereocenters. The van der Waals surface area contributed by atoms with Crippen LogP contribution < -0.4 is 11.1 Å². The van der Waals surface area contributed by atoms with Crippen molar-refractivity contribution >= 4 is 11.8 Å². The quantitative estimate of drug-likeness (QED) is 0.792. The lowest BCUT2D eigenvalue weighted by atomic mass is 9.99. The van der Waals surface area contributed by atoms with E-state index >= 15 is 0 Å². The predicted octanol–water partition coefficient (Wildman–Crippen LogP) is 0.629. The molecule has 1 saturated heterocycles. The highest BCUT2D eigenvalue weighted by molar-refractivity contribution is 5.82. The first kappa shape index (κ1) is 13.9. The Morgan fingerprint density at radius 3 is 2.80 bits per heavy atom. The molecule has 3 fully saturated rings.